The lowest BCUT2D eigenvalue weighted by molar-refractivity contribution is 0.103. The molecule has 0 saturated carbocycles. The lowest BCUT2D eigenvalue weighted by Crippen LogP contribution is -2.21. The fourth-order valence-corrected chi connectivity index (χ4v) is 1.38. The van der Waals surface area contributed by atoms with Gasteiger partial charge in [0.15, 0.2) is 0 Å². The maximum Gasteiger partial charge on any atom is 0.239 e. The highest BCUT2D eigenvalue weighted by molar-refractivity contribution is 8.14. The first-order chi connectivity index (χ1) is 4.11. The highest BCUT2D eigenvalue weighted by atomic mass is 35.7. The van der Waals surface area contributed by atoms with Gasteiger partial charge in [0.05, 0.1) is 6.61 Å². The Bertz CT molecular complexity index is 183. The Kier molecular flexibility index (Phi) is 1.95. The Hall–Kier alpha value is 0.160. The van der Waals surface area contributed by atoms with Crippen molar-refractivity contribution in [2.75, 3.05) is 13.2 Å². The van der Waals surface area contributed by atoms with Crippen LogP contribution in [0.2, 0.25) is 0 Å². The third-order valence-electron chi connectivity index (χ3n) is 1.08. The Morgan fingerprint density at radius 1 is 1.67 bits per heavy atom. The van der Waals surface area contributed by atoms with Gasteiger partial charge >= 0.3 is 0 Å². The van der Waals surface area contributed by atoms with Crippen LogP contribution >= 0.6 is 10.7 Å². The van der Waals surface area contributed by atoms with Crippen molar-refractivity contribution in [1.29, 1.82) is 0 Å². The zero-order valence-electron chi connectivity index (χ0n) is 4.50. The molecule has 1 heterocycles. The van der Waals surface area contributed by atoms with Crippen LogP contribution in [0.25, 0.3) is 0 Å². The second kappa shape index (κ2) is 2.42. The number of hydrogen-bond donors (Lipinski definition) is 1. The minimum Gasteiger partial charge on any atom is -0.300 e. The van der Waals surface area contributed by atoms with Crippen molar-refractivity contribution in [3.05, 3.63) is 0 Å². The minimum atomic E-state index is -3.42. The molecular formula is C3H6ClNO3S. The molecule has 1 rings (SSSR count). The first-order valence-electron chi connectivity index (χ1n) is 2.39. The summed E-state index contributed by atoms with van der Waals surface area (Å²) in [7, 11) is 1.57. The van der Waals surface area contributed by atoms with Crippen LogP contribution in [0, 0.1) is 0 Å². The highest BCUT2D eigenvalue weighted by Crippen LogP contribution is 2.09. The predicted molar refractivity (Wildman–Crippen MR) is 32.5 cm³/mol. The van der Waals surface area contributed by atoms with Crippen LogP contribution in [-0.2, 0) is 13.9 Å². The van der Waals surface area contributed by atoms with Gasteiger partial charge in [-0.1, -0.05) is 0 Å². The summed E-state index contributed by atoms with van der Waals surface area (Å²) in [6, 6.07) is 0. The number of hydroxylamine groups is 1. The Morgan fingerprint density at radius 2 is 2.33 bits per heavy atom. The maximum absolute atomic E-state index is 10.5. The van der Waals surface area contributed by atoms with Crippen molar-refractivity contribution >= 4 is 19.7 Å². The molecule has 0 amide bonds. The van der Waals surface area contributed by atoms with E-state index in [0.717, 1.165) is 0 Å². The van der Waals surface area contributed by atoms with Crippen LogP contribution in [0.1, 0.15) is 0 Å². The molecular weight excluding hydrogens is 166 g/mol. The van der Waals surface area contributed by atoms with Gasteiger partial charge in [0.1, 0.15) is 5.25 Å². The Balaban J connectivity index is 2.63. The Labute approximate surface area is 57.5 Å². The number of hydrogen-bond acceptors (Lipinski definition) is 4. The minimum absolute atomic E-state index is 0.145. The van der Waals surface area contributed by atoms with Gasteiger partial charge in [0, 0.05) is 17.2 Å². The molecule has 1 aliphatic rings. The lowest BCUT2D eigenvalue weighted by Gasteiger charge is -1.97. The van der Waals surface area contributed by atoms with Crippen molar-refractivity contribution in [2.24, 2.45) is 0 Å². The molecule has 54 valence electrons. The van der Waals surface area contributed by atoms with E-state index in [0.29, 0.717) is 0 Å². The zero-order valence-corrected chi connectivity index (χ0v) is 6.07. The predicted octanol–water partition coefficient (Wildman–Crippen LogP) is -0.542. The van der Waals surface area contributed by atoms with Crippen molar-refractivity contribution < 1.29 is 13.3 Å². The zero-order chi connectivity index (χ0) is 6.91. The molecule has 0 spiro atoms. The third kappa shape index (κ3) is 1.79. The SMILES string of the molecule is O=S(=O)(Cl)[C@@H]1CNOC1. The van der Waals surface area contributed by atoms with Crippen LogP contribution in [0.4, 0.5) is 0 Å². The quantitative estimate of drug-likeness (QED) is 0.539. The van der Waals surface area contributed by atoms with E-state index < -0.39 is 14.3 Å². The van der Waals surface area contributed by atoms with E-state index in [2.05, 4.69) is 10.3 Å². The first-order valence-corrected chi connectivity index (χ1v) is 4.76. The molecule has 1 fully saturated rings. The van der Waals surface area contributed by atoms with Gasteiger partial charge in [-0.15, -0.1) is 0 Å². The smallest absolute Gasteiger partial charge is 0.239 e. The van der Waals surface area contributed by atoms with Crippen LogP contribution in [0.15, 0.2) is 0 Å². The molecule has 1 saturated heterocycles. The van der Waals surface area contributed by atoms with E-state index in [4.69, 9.17) is 10.7 Å². The molecule has 6 heteroatoms. The molecule has 1 N–H and O–H groups in total. The summed E-state index contributed by atoms with van der Waals surface area (Å²) in [5.74, 6) is 0. The van der Waals surface area contributed by atoms with Gasteiger partial charge in [-0.05, 0) is 0 Å². The lowest BCUT2D eigenvalue weighted by atomic mass is 10.5. The van der Waals surface area contributed by atoms with Gasteiger partial charge in [-0.3, -0.25) is 0 Å². The molecule has 0 aromatic heterocycles. The Morgan fingerprint density at radius 3 is 2.56 bits per heavy atom. The summed E-state index contributed by atoms with van der Waals surface area (Å²) < 4.78 is 21.0. The maximum atomic E-state index is 10.5. The summed E-state index contributed by atoms with van der Waals surface area (Å²) in [5.41, 5.74) is 2.42. The van der Waals surface area contributed by atoms with Crippen molar-refractivity contribution in [1.82, 2.24) is 5.48 Å². The normalized spacial score (nSPS) is 28.8. The summed E-state index contributed by atoms with van der Waals surface area (Å²) in [4.78, 5) is 4.57. The topological polar surface area (TPSA) is 55.4 Å². The number of nitrogens with one attached hydrogen (secondary N) is 1. The second-order valence-corrected chi connectivity index (χ2v) is 4.67. The molecule has 4 nitrogen and oxygen atoms in total. The van der Waals surface area contributed by atoms with E-state index in [1.165, 1.54) is 0 Å². The van der Waals surface area contributed by atoms with E-state index in [9.17, 15) is 8.42 Å². The fraction of sp³-hybridized carbons (Fsp3) is 1.00. The number of rotatable bonds is 1. The highest BCUT2D eigenvalue weighted by Gasteiger charge is 2.27. The molecule has 0 unspecified atom stereocenters. The van der Waals surface area contributed by atoms with Crippen molar-refractivity contribution in [3.8, 4) is 0 Å². The molecule has 0 aromatic rings. The van der Waals surface area contributed by atoms with Gasteiger partial charge in [-0.2, -0.15) is 0 Å². The van der Waals surface area contributed by atoms with E-state index in [1.807, 2.05) is 0 Å². The van der Waals surface area contributed by atoms with E-state index in [1.54, 1.807) is 0 Å². The fourth-order valence-electron chi connectivity index (χ4n) is 0.543. The summed E-state index contributed by atoms with van der Waals surface area (Å²) >= 11 is 0. The van der Waals surface area contributed by atoms with Gasteiger partial charge in [0.2, 0.25) is 9.05 Å². The molecule has 1 atom stereocenters. The summed E-state index contributed by atoms with van der Waals surface area (Å²) in [6.45, 7) is 0.428. The number of halogens is 1. The second-order valence-electron chi connectivity index (χ2n) is 1.76. The standard InChI is InChI=1S/C3H6ClNO3S/c4-9(6,7)3-1-5-8-2-3/h3,5H,1-2H2/t3-/m1/s1. The summed E-state index contributed by atoms with van der Waals surface area (Å²) in [5, 5.41) is -0.584. The van der Waals surface area contributed by atoms with E-state index >= 15 is 0 Å². The van der Waals surface area contributed by atoms with E-state index in [-0.39, 0.29) is 13.2 Å². The molecule has 0 aliphatic carbocycles. The van der Waals surface area contributed by atoms with Gasteiger partial charge < -0.3 is 4.84 Å². The van der Waals surface area contributed by atoms with Crippen LogP contribution in [0.3, 0.4) is 0 Å². The third-order valence-corrected chi connectivity index (χ3v) is 2.94. The first kappa shape index (κ1) is 7.27. The van der Waals surface area contributed by atoms with Crippen LogP contribution in [-0.4, -0.2) is 26.8 Å². The average Bonchev–Trinajstić information content (AvgIpc) is 2.08. The molecule has 1 aliphatic heterocycles. The molecule has 0 bridgehead atoms. The largest absolute Gasteiger partial charge is 0.300 e. The molecule has 9 heavy (non-hydrogen) atoms. The van der Waals surface area contributed by atoms with Crippen LogP contribution in [0.5, 0.6) is 0 Å². The van der Waals surface area contributed by atoms with Gasteiger partial charge in [0.25, 0.3) is 0 Å². The van der Waals surface area contributed by atoms with Gasteiger partial charge in [-0.25, -0.2) is 13.9 Å². The monoisotopic (exact) mass is 171 g/mol. The summed E-state index contributed by atoms with van der Waals surface area (Å²) in [6.07, 6.45) is 0. The molecule has 0 radical (unpaired) electrons. The average molecular weight is 172 g/mol. The van der Waals surface area contributed by atoms with Crippen LogP contribution < -0.4 is 5.48 Å². The molecule has 0 aromatic carbocycles. The van der Waals surface area contributed by atoms with Crippen molar-refractivity contribution in [2.45, 2.75) is 5.25 Å². The van der Waals surface area contributed by atoms with Crippen molar-refractivity contribution in [3.63, 3.8) is 0 Å².